The molecular weight excluding hydrogens is 340 g/mol. The van der Waals surface area contributed by atoms with Crippen molar-refractivity contribution in [3.05, 3.63) is 54.0 Å². The maximum absolute atomic E-state index is 12.1. The van der Waals surface area contributed by atoms with Crippen LogP contribution in [0.3, 0.4) is 0 Å². The van der Waals surface area contributed by atoms with Crippen LogP contribution in [0.1, 0.15) is 51.1 Å². The standard InChI is InChI=1S/C22H26N2O3/c1-14(2)12-22(26)24-17-6-4-16(5-7-17)23-21(25)11-9-18-8-10-20(27-18)19-13-15(19)3/h4-11,14-15,19H,12-13H2,1-3H3,(H,23,25)(H,24,26)/b11-9+. The predicted molar refractivity (Wildman–Crippen MR) is 107 cm³/mol. The van der Waals surface area contributed by atoms with Crippen molar-refractivity contribution in [2.24, 2.45) is 11.8 Å². The van der Waals surface area contributed by atoms with Gasteiger partial charge in [-0.2, -0.15) is 0 Å². The summed E-state index contributed by atoms with van der Waals surface area (Å²) in [6.07, 6.45) is 4.78. The van der Waals surface area contributed by atoms with E-state index in [2.05, 4.69) is 17.6 Å². The van der Waals surface area contributed by atoms with Gasteiger partial charge in [0.1, 0.15) is 11.5 Å². The molecule has 5 nitrogen and oxygen atoms in total. The van der Waals surface area contributed by atoms with E-state index < -0.39 is 0 Å². The van der Waals surface area contributed by atoms with Crippen LogP contribution >= 0.6 is 0 Å². The van der Waals surface area contributed by atoms with E-state index in [9.17, 15) is 9.59 Å². The Hall–Kier alpha value is -2.82. The Morgan fingerprint density at radius 3 is 2.33 bits per heavy atom. The molecule has 2 N–H and O–H groups in total. The van der Waals surface area contributed by atoms with Crippen molar-refractivity contribution in [3.8, 4) is 0 Å². The highest BCUT2D eigenvalue weighted by Crippen LogP contribution is 2.47. The number of nitrogens with one attached hydrogen (secondary N) is 2. The number of anilines is 2. The van der Waals surface area contributed by atoms with Gasteiger partial charge in [-0.15, -0.1) is 0 Å². The average Bonchev–Trinajstić information content (AvgIpc) is 3.15. The van der Waals surface area contributed by atoms with Crippen molar-refractivity contribution in [1.29, 1.82) is 0 Å². The number of amides is 2. The van der Waals surface area contributed by atoms with Crippen LogP contribution in [0.15, 0.2) is 46.9 Å². The molecule has 0 saturated heterocycles. The molecule has 27 heavy (non-hydrogen) atoms. The summed E-state index contributed by atoms with van der Waals surface area (Å²) in [4.78, 5) is 23.8. The van der Waals surface area contributed by atoms with Gasteiger partial charge in [0.15, 0.2) is 0 Å². The summed E-state index contributed by atoms with van der Waals surface area (Å²) in [6, 6.07) is 10.9. The molecular formula is C22H26N2O3. The lowest BCUT2D eigenvalue weighted by molar-refractivity contribution is -0.117. The van der Waals surface area contributed by atoms with Crippen LogP contribution in [0, 0.1) is 11.8 Å². The quantitative estimate of drug-likeness (QED) is 0.674. The molecule has 1 fully saturated rings. The maximum Gasteiger partial charge on any atom is 0.248 e. The fraction of sp³-hybridized carbons (Fsp3) is 0.364. The van der Waals surface area contributed by atoms with E-state index in [1.165, 1.54) is 12.5 Å². The van der Waals surface area contributed by atoms with Crippen molar-refractivity contribution < 1.29 is 14.0 Å². The van der Waals surface area contributed by atoms with Crippen LogP contribution in [-0.2, 0) is 9.59 Å². The summed E-state index contributed by atoms with van der Waals surface area (Å²) in [5.74, 6) is 2.97. The van der Waals surface area contributed by atoms with Crippen LogP contribution in [0.25, 0.3) is 6.08 Å². The minimum absolute atomic E-state index is 0.0110. The highest BCUT2D eigenvalue weighted by atomic mass is 16.3. The summed E-state index contributed by atoms with van der Waals surface area (Å²) in [5.41, 5.74) is 1.38. The molecule has 2 atom stereocenters. The lowest BCUT2D eigenvalue weighted by Gasteiger charge is -2.08. The molecule has 0 spiro atoms. The molecule has 1 saturated carbocycles. The Labute approximate surface area is 159 Å². The second-order valence-corrected chi connectivity index (χ2v) is 7.61. The van der Waals surface area contributed by atoms with Crippen LogP contribution < -0.4 is 10.6 Å². The zero-order valence-corrected chi connectivity index (χ0v) is 16.0. The Morgan fingerprint density at radius 1 is 1.11 bits per heavy atom. The first-order chi connectivity index (χ1) is 12.9. The van der Waals surface area contributed by atoms with Gasteiger partial charge in [-0.1, -0.05) is 20.8 Å². The van der Waals surface area contributed by atoms with Gasteiger partial charge < -0.3 is 15.1 Å². The summed E-state index contributed by atoms with van der Waals surface area (Å²) in [7, 11) is 0. The zero-order valence-electron chi connectivity index (χ0n) is 16.0. The smallest absolute Gasteiger partial charge is 0.248 e. The number of rotatable bonds is 7. The van der Waals surface area contributed by atoms with Crippen molar-refractivity contribution in [3.63, 3.8) is 0 Å². The molecule has 2 aromatic rings. The minimum atomic E-state index is -0.232. The molecule has 1 aromatic heterocycles. The second-order valence-electron chi connectivity index (χ2n) is 7.61. The molecule has 0 radical (unpaired) electrons. The Morgan fingerprint density at radius 2 is 1.74 bits per heavy atom. The van der Waals surface area contributed by atoms with E-state index in [1.54, 1.807) is 30.3 Å². The highest BCUT2D eigenvalue weighted by molar-refractivity contribution is 6.02. The topological polar surface area (TPSA) is 71.3 Å². The largest absolute Gasteiger partial charge is 0.461 e. The normalized spacial score (nSPS) is 18.7. The van der Waals surface area contributed by atoms with Crippen LogP contribution in [0.5, 0.6) is 0 Å². The van der Waals surface area contributed by atoms with Crippen molar-refractivity contribution in [2.75, 3.05) is 10.6 Å². The lowest BCUT2D eigenvalue weighted by Crippen LogP contribution is -2.14. The van der Waals surface area contributed by atoms with Gasteiger partial charge in [0.05, 0.1) is 0 Å². The molecule has 1 aromatic carbocycles. The van der Waals surface area contributed by atoms with Crippen LogP contribution in [-0.4, -0.2) is 11.8 Å². The van der Waals surface area contributed by atoms with E-state index in [1.807, 2.05) is 26.0 Å². The van der Waals surface area contributed by atoms with Crippen molar-refractivity contribution >= 4 is 29.3 Å². The van der Waals surface area contributed by atoms with E-state index in [0.29, 0.717) is 41.3 Å². The first kappa shape index (κ1) is 19.0. The van der Waals surface area contributed by atoms with Gasteiger partial charge in [-0.3, -0.25) is 9.59 Å². The Balaban J connectivity index is 1.50. The molecule has 142 valence electrons. The lowest BCUT2D eigenvalue weighted by atomic mass is 10.1. The third-order valence-corrected chi connectivity index (χ3v) is 4.55. The number of carbonyl (C=O) groups is 2. The van der Waals surface area contributed by atoms with Gasteiger partial charge in [0.25, 0.3) is 0 Å². The molecule has 2 unspecified atom stereocenters. The molecule has 1 heterocycles. The molecule has 3 rings (SSSR count). The van der Waals surface area contributed by atoms with E-state index >= 15 is 0 Å². The van der Waals surface area contributed by atoms with Gasteiger partial charge >= 0.3 is 0 Å². The summed E-state index contributed by atoms with van der Waals surface area (Å²) >= 11 is 0. The van der Waals surface area contributed by atoms with Crippen LogP contribution in [0.4, 0.5) is 11.4 Å². The SMILES string of the molecule is CC(C)CC(=O)Nc1ccc(NC(=O)/C=C/c2ccc(C3CC3C)o2)cc1. The summed E-state index contributed by atoms with van der Waals surface area (Å²) in [6.45, 7) is 6.21. The number of hydrogen-bond acceptors (Lipinski definition) is 3. The fourth-order valence-electron chi connectivity index (χ4n) is 2.94. The molecule has 0 bridgehead atoms. The molecule has 1 aliphatic rings. The third kappa shape index (κ3) is 5.58. The summed E-state index contributed by atoms with van der Waals surface area (Å²) in [5, 5.41) is 5.64. The Bertz CT molecular complexity index is 833. The van der Waals surface area contributed by atoms with Gasteiger partial charge in [-0.05, 0) is 60.7 Å². The van der Waals surface area contributed by atoms with Crippen molar-refractivity contribution in [1.82, 2.24) is 0 Å². The van der Waals surface area contributed by atoms with Gasteiger partial charge in [0.2, 0.25) is 11.8 Å². The van der Waals surface area contributed by atoms with E-state index in [0.717, 1.165) is 5.76 Å². The fourth-order valence-corrected chi connectivity index (χ4v) is 2.94. The van der Waals surface area contributed by atoms with E-state index in [-0.39, 0.29) is 11.8 Å². The maximum atomic E-state index is 12.1. The first-order valence-electron chi connectivity index (χ1n) is 9.39. The molecule has 1 aliphatic carbocycles. The predicted octanol–water partition coefficient (Wildman–Crippen LogP) is 5.04. The van der Waals surface area contributed by atoms with E-state index in [4.69, 9.17) is 4.42 Å². The minimum Gasteiger partial charge on any atom is -0.461 e. The number of hydrogen-bond donors (Lipinski definition) is 2. The van der Waals surface area contributed by atoms with Crippen LogP contribution in [0.2, 0.25) is 0 Å². The second kappa shape index (κ2) is 8.25. The first-order valence-corrected chi connectivity index (χ1v) is 9.39. The number of benzene rings is 1. The third-order valence-electron chi connectivity index (χ3n) is 4.55. The zero-order chi connectivity index (χ0) is 19.4. The molecule has 5 heteroatoms. The highest BCUT2D eigenvalue weighted by Gasteiger charge is 2.36. The number of carbonyl (C=O) groups excluding carboxylic acids is 2. The van der Waals surface area contributed by atoms with Gasteiger partial charge in [-0.25, -0.2) is 0 Å². The molecule has 2 amide bonds. The average molecular weight is 366 g/mol. The summed E-state index contributed by atoms with van der Waals surface area (Å²) < 4.78 is 5.75. The Kier molecular flexibility index (Phi) is 5.79. The monoisotopic (exact) mass is 366 g/mol. The molecule has 0 aliphatic heterocycles. The van der Waals surface area contributed by atoms with Crippen molar-refractivity contribution in [2.45, 2.75) is 39.5 Å². The van der Waals surface area contributed by atoms with Gasteiger partial charge in [0, 0.05) is 29.8 Å². The number of furan rings is 1.